The van der Waals surface area contributed by atoms with Gasteiger partial charge in [-0.1, -0.05) is 0 Å². The molecule has 25 heavy (non-hydrogen) atoms. The highest BCUT2D eigenvalue weighted by atomic mass is 32.1. The van der Waals surface area contributed by atoms with Crippen molar-refractivity contribution in [3.63, 3.8) is 0 Å². The molecule has 1 unspecified atom stereocenters. The monoisotopic (exact) mass is 354 g/mol. The highest BCUT2D eigenvalue weighted by Gasteiger charge is 2.17. The van der Waals surface area contributed by atoms with E-state index in [0.29, 0.717) is 0 Å². The van der Waals surface area contributed by atoms with Crippen molar-refractivity contribution in [3.05, 3.63) is 52.8 Å². The zero-order chi connectivity index (χ0) is 18.0. The van der Waals surface area contributed by atoms with E-state index >= 15 is 0 Å². The SMILES string of the molecule is Cc1ccnc(CC(C)N(C)C(=O)Nc2ccc3sc(C)nc3c2)c1. The number of fused-ring (bicyclic) bond motifs is 1. The molecule has 3 rings (SSSR count). The first kappa shape index (κ1) is 17.4. The van der Waals surface area contributed by atoms with Crippen LogP contribution in [-0.2, 0) is 6.42 Å². The van der Waals surface area contributed by atoms with Gasteiger partial charge in [0.2, 0.25) is 0 Å². The Labute approximate surface area is 151 Å². The normalized spacial score (nSPS) is 12.2. The molecule has 0 radical (unpaired) electrons. The van der Waals surface area contributed by atoms with E-state index in [1.54, 1.807) is 23.3 Å². The Morgan fingerprint density at radius 1 is 1.28 bits per heavy atom. The highest BCUT2D eigenvalue weighted by molar-refractivity contribution is 7.18. The molecule has 3 aromatic rings. The van der Waals surface area contributed by atoms with Gasteiger partial charge >= 0.3 is 6.03 Å². The maximum absolute atomic E-state index is 12.5. The standard InChI is InChI=1S/C19H22N4OS/c1-12-7-8-20-16(9-12)10-13(2)23(4)19(24)22-15-5-6-18-17(11-15)21-14(3)25-18/h5-9,11,13H,10H2,1-4H3,(H,22,24). The molecule has 0 saturated heterocycles. The van der Waals surface area contributed by atoms with E-state index < -0.39 is 0 Å². The van der Waals surface area contributed by atoms with E-state index in [1.165, 1.54) is 5.56 Å². The van der Waals surface area contributed by atoms with Crippen LogP contribution in [0.1, 0.15) is 23.2 Å². The molecule has 0 fully saturated rings. The fourth-order valence-electron chi connectivity index (χ4n) is 2.68. The van der Waals surface area contributed by atoms with Crippen molar-refractivity contribution in [1.82, 2.24) is 14.9 Å². The number of aryl methyl sites for hydroxylation is 2. The molecule has 2 aromatic heterocycles. The first-order chi connectivity index (χ1) is 11.9. The van der Waals surface area contributed by atoms with Gasteiger partial charge in [-0.2, -0.15) is 0 Å². The predicted octanol–water partition coefficient (Wildman–Crippen LogP) is 4.40. The molecule has 0 aliphatic heterocycles. The summed E-state index contributed by atoms with van der Waals surface area (Å²) in [5.41, 5.74) is 3.85. The molecule has 0 aliphatic rings. The Morgan fingerprint density at radius 2 is 2.08 bits per heavy atom. The Kier molecular flexibility index (Phi) is 4.99. The minimum atomic E-state index is -0.133. The minimum absolute atomic E-state index is 0.0412. The minimum Gasteiger partial charge on any atom is -0.324 e. The number of rotatable bonds is 4. The average Bonchev–Trinajstić information content (AvgIpc) is 2.93. The smallest absolute Gasteiger partial charge is 0.321 e. The molecule has 2 heterocycles. The molecule has 1 N–H and O–H groups in total. The number of amides is 2. The second kappa shape index (κ2) is 7.19. The predicted molar refractivity (Wildman–Crippen MR) is 103 cm³/mol. The van der Waals surface area contributed by atoms with E-state index in [9.17, 15) is 4.79 Å². The van der Waals surface area contributed by atoms with E-state index in [0.717, 1.165) is 33.0 Å². The Balaban J connectivity index is 1.66. The lowest BCUT2D eigenvalue weighted by molar-refractivity contribution is 0.207. The lowest BCUT2D eigenvalue weighted by atomic mass is 10.1. The topological polar surface area (TPSA) is 58.1 Å². The van der Waals surface area contributed by atoms with Gasteiger partial charge in [-0.05, 0) is 56.7 Å². The van der Waals surface area contributed by atoms with E-state index in [-0.39, 0.29) is 12.1 Å². The molecule has 1 aromatic carbocycles. The van der Waals surface area contributed by atoms with Crippen LogP contribution in [-0.4, -0.2) is 34.0 Å². The fourth-order valence-corrected chi connectivity index (χ4v) is 3.49. The first-order valence-corrected chi connectivity index (χ1v) is 9.06. The number of hydrogen-bond donors (Lipinski definition) is 1. The van der Waals surface area contributed by atoms with Crippen molar-refractivity contribution in [2.75, 3.05) is 12.4 Å². The number of hydrogen-bond acceptors (Lipinski definition) is 4. The van der Waals surface area contributed by atoms with Crippen molar-refractivity contribution < 1.29 is 4.79 Å². The summed E-state index contributed by atoms with van der Waals surface area (Å²) >= 11 is 1.65. The number of likely N-dealkylation sites (N-methyl/N-ethyl adjacent to an activating group) is 1. The molecule has 0 saturated carbocycles. The van der Waals surface area contributed by atoms with Crippen LogP contribution in [0.2, 0.25) is 0 Å². The van der Waals surface area contributed by atoms with E-state index in [1.807, 2.05) is 51.2 Å². The van der Waals surface area contributed by atoms with Crippen LogP contribution in [0.15, 0.2) is 36.5 Å². The van der Waals surface area contributed by atoms with Crippen LogP contribution in [0.5, 0.6) is 0 Å². The second-order valence-corrected chi connectivity index (χ2v) is 7.57. The molecule has 1 atom stereocenters. The largest absolute Gasteiger partial charge is 0.324 e. The van der Waals surface area contributed by atoms with Gasteiger partial charge in [-0.3, -0.25) is 4.98 Å². The number of carbonyl (C=O) groups is 1. The summed E-state index contributed by atoms with van der Waals surface area (Å²) in [5.74, 6) is 0. The van der Waals surface area contributed by atoms with E-state index in [4.69, 9.17) is 0 Å². The van der Waals surface area contributed by atoms with Crippen LogP contribution in [0.4, 0.5) is 10.5 Å². The van der Waals surface area contributed by atoms with Crippen LogP contribution in [0, 0.1) is 13.8 Å². The molecule has 0 aliphatic carbocycles. The van der Waals surface area contributed by atoms with Gasteiger partial charge in [0.1, 0.15) is 0 Å². The Morgan fingerprint density at radius 3 is 2.84 bits per heavy atom. The Bertz CT molecular complexity index is 905. The van der Waals surface area contributed by atoms with Gasteiger partial charge in [-0.15, -0.1) is 11.3 Å². The number of nitrogens with one attached hydrogen (secondary N) is 1. The highest BCUT2D eigenvalue weighted by Crippen LogP contribution is 2.24. The van der Waals surface area contributed by atoms with Crippen molar-refractivity contribution in [1.29, 1.82) is 0 Å². The van der Waals surface area contributed by atoms with Gasteiger partial charge in [0, 0.05) is 37.1 Å². The summed E-state index contributed by atoms with van der Waals surface area (Å²) in [7, 11) is 1.81. The molecule has 0 bridgehead atoms. The number of nitrogens with zero attached hydrogens (tertiary/aromatic N) is 3. The maximum atomic E-state index is 12.5. The van der Waals surface area contributed by atoms with Crippen LogP contribution < -0.4 is 5.32 Å². The second-order valence-electron chi connectivity index (χ2n) is 6.33. The lowest BCUT2D eigenvalue weighted by Crippen LogP contribution is -2.39. The summed E-state index contributed by atoms with van der Waals surface area (Å²) in [6, 6.07) is 9.76. The molecule has 130 valence electrons. The summed E-state index contributed by atoms with van der Waals surface area (Å²) in [6.07, 6.45) is 2.53. The maximum Gasteiger partial charge on any atom is 0.321 e. The third kappa shape index (κ3) is 4.14. The molecular weight excluding hydrogens is 332 g/mol. The van der Waals surface area contributed by atoms with Crippen molar-refractivity contribution in [2.45, 2.75) is 33.2 Å². The number of pyridine rings is 1. The number of thiazole rings is 1. The zero-order valence-corrected chi connectivity index (χ0v) is 15.7. The zero-order valence-electron chi connectivity index (χ0n) is 14.9. The summed E-state index contributed by atoms with van der Waals surface area (Å²) in [4.78, 5) is 23.1. The van der Waals surface area contributed by atoms with Gasteiger partial charge in [-0.25, -0.2) is 9.78 Å². The summed E-state index contributed by atoms with van der Waals surface area (Å²) < 4.78 is 1.13. The number of benzene rings is 1. The lowest BCUT2D eigenvalue weighted by Gasteiger charge is -2.25. The van der Waals surface area contributed by atoms with Crippen molar-refractivity contribution >= 4 is 33.3 Å². The van der Waals surface area contributed by atoms with Gasteiger partial charge < -0.3 is 10.2 Å². The molecule has 2 amide bonds. The Hall–Kier alpha value is -2.47. The molecule has 6 heteroatoms. The van der Waals surface area contributed by atoms with Crippen molar-refractivity contribution in [3.8, 4) is 0 Å². The molecule has 5 nitrogen and oxygen atoms in total. The van der Waals surface area contributed by atoms with Crippen LogP contribution in [0.25, 0.3) is 10.2 Å². The summed E-state index contributed by atoms with van der Waals surface area (Å²) in [6.45, 7) is 6.05. The van der Waals surface area contributed by atoms with Gasteiger partial charge in [0.15, 0.2) is 0 Å². The van der Waals surface area contributed by atoms with Crippen LogP contribution >= 0.6 is 11.3 Å². The quantitative estimate of drug-likeness (QED) is 0.755. The van der Waals surface area contributed by atoms with Crippen molar-refractivity contribution in [2.24, 2.45) is 0 Å². The molecule has 0 spiro atoms. The number of carbonyl (C=O) groups excluding carboxylic acids is 1. The first-order valence-electron chi connectivity index (χ1n) is 8.25. The molecular formula is C19H22N4OS. The van der Waals surface area contributed by atoms with Gasteiger partial charge in [0.05, 0.1) is 15.2 Å². The third-order valence-electron chi connectivity index (χ3n) is 4.20. The average molecular weight is 354 g/mol. The summed E-state index contributed by atoms with van der Waals surface area (Å²) in [5, 5.41) is 3.98. The number of urea groups is 1. The third-order valence-corrected chi connectivity index (χ3v) is 5.16. The number of aromatic nitrogens is 2. The van der Waals surface area contributed by atoms with Crippen LogP contribution in [0.3, 0.4) is 0 Å². The van der Waals surface area contributed by atoms with E-state index in [2.05, 4.69) is 21.4 Å². The van der Waals surface area contributed by atoms with Gasteiger partial charge in [0.25, 0.3) is 0 Å². The fraction of sp³-hybridized carbons (Fsp3) is 0.316. The number of anilines is 1.